The SMILES string of the molecule is CC(C)(C)[P@]1CCC[C@@H]1[C@H]1CCC[P@@]1C(C)(C)C.CN(C)C=O.[Cl][Ru][Cl]. The van der Waals surface area contributed by atoms with Crippen LogP contribution in [-0.4, -0.2) is 59.4 Å². The molecule has 0 spiro atoms. The zero-order chi connectivity index (χ0) is 20.5. The maximum absolute atomic E-state index is 9.43. The molecule has 0 saturated carbocycles. The van der Waals surface area contributed by atoms with E-state index in [1.165, 1.54) is 17.7 Å². The number of amides is 1. The Morgan fingerprint density at radius 1 is 0.885 bits per heavy atom. The molecule has 2 rings (SSSR count). The number of rotatable bonds is 2. The molecule has 0 unspecified atom stereocenters. The van der Waals surface area contributed by atoms with Crippen molar-refractivity contribution < 1.29 is 19.9 Å². The number of hydrogen-bond acceptors (Lipinski definition) is 1. The van der Waals surface area contributed by atoms with Crippen LogP contribution in [0, 0.1) is 0 Å². The van der Waals surface area contributed by atoms with E-state index < -0.39 is 0 Å². The zero-order valence-electron chi connectivity index (χ0n) is 17.8. The van der Waals surface area contributed by atoms with Crippen LogP contribution in [0.3, 0.4) is 0 Å². The van der Waals surface area contributed by atoms with Crippen LogP contribution in [0.4, 0.5) is 0 Å². The summed E-state index contributed by atoms with van der Waals surface area (Å²) in [5.41, 5.74) is 2.24. The van der Waals surface area contributed by atoms with Crippen molar-refractivity contribution in [3.8, 4) is 0 Å². The second kappa shape index (κ2) is 13.0. The van der Waals surface area contributed by atoms with Crippen LogP contribution in [0.2, 0.25) is 0 Å². The van der Waals surface area contributed by atoms with Gasteiger partial charge in [0.05, 0.1) is 0 Å². The Morgan fingerprint density at radius 2 is 1.15 bits per heavy atom. The quantitative estimate of drug-likeness (QED) is 0.215. The molecule has 4 atom stereocenters. The van der Waals surface area contributed by atoms with Gasteiger partial charge in [-0.25, -0.2) is 0 Å². The molecular weight excluding hydrogens is 492 g/mol. The second-order valence-corrected chi connectivity index (χ2v) is 18.7. The topological polar surface area (TPSA) is 20.3 Å². The third-order valence-corrected chi connectivity index (χ3v) is 13.1. The summed E-state index contributed by atoms with van der Waals surface area (Å²) in [6.45, 7) is 15.0. The first-order valence-electron chi connectivity index (χ1n) is 9.40. The van der Waals surface area contributed by atoms with Crippen molar-refractivity contribution in [2.24, 2.45) is 0 Å². The van der Waals surface area contributed by atoms with Crippen LogP contribution in [0.25, 0.3) is 0 Å². The van der Waals surface area contributed by atoms with Gasteiger partial charge in [-0.15, -0.1) is 0 Å². The van der Waals surface area contributed by atoms with Gasteiger partial charge in [0.15, 0.2) is 0 Å². The Kier molecular flexibility index (Phi) is 13.7. The number of carbonyl (C=O) groups is 1. The normalized spacial score (nSPS) is 28.7. The van der Waals surface area contributed by atoms with Crippen molar-refractivity contribution in [3.63, 3.8) is 0 Å². The molecule has 7 heteroatoms. The van der Waals surface area contributed by atoms with E-state index in [1.54, 1.807) is 39.3 Å². The van der Waals surface area contributed by atoms with E-state index in [0.29, 0.717) is 10.3 Å². The van der Waals surface area contributed by atoms with Gasteiger partial charge < -0.3 is 4.90 Å². The Morgan fingerprint density at radius 3 is 1.35 bits per heavy atom. The molecule has 0 N–H and O–H groups in total. The molecule has 0 aromatic heterocycles. The van der Waals surface area contributed by atoms with Crippen LogP contribution >= 0.6 is 35.2 Å². The molecule has 0 aromatic rings. The molecule has 2 saturated heterocycles. The molecule has 2 aliphatic heterocycles. The van der Waals surface area contributed by atoms with Gasteiger partial charge in [0.25, 0.3) is 0 Å². The number of carbonyl (C=O) groups excluding carboxylic acids is 1. The predicted molar refractivity (Wildman–Crippen MR) is 121 cm³/mol. The van der Waals surface area contributed by atoms with E-state index in [0.717, 1.165) is 17.7 Å². The molecular formula is C19H39Cl2NOP2Ru. The first-order chi connectivity index (χ1) is 11.9. The van der Waals surface area contributed by atoms with Gasteiger partial charge >= 0.3 is 34.5 Å². The molecule has 2 heterocycles. The Labute approximate surface area is 181 Å². The fourth-order valence-corrected chi connectivity index (χ4v) is 12.2. The second-order valence-electron chi connectivity index (χ2n) is 9.27. The fraction of sp³-hybridized carbons (Fsp3) is 0.947. The van der Waals surface area contributed by atoms with E-state index >= 15 is 0 Å². The third-order valence-electron chi connectivity index (χ3n) is 4.98. The van der Waals surface area contributed by atoms with Gasteiger partial charge in [0.1, 0.15) is 0 Å². The molecule has 0 aliphatic carbocycles. The van der Waals surface area contributed by atoms with Crippen molar-refractivity contribution in [2.75, 3.05) is 26.4 Å². The Hall–Kier alpha value is 1.53. The molecule has 2 fully saturated rings. The standard InChI is InChI=1S/C16H32P2.C3H7NO.2ClH.Ru/c1-15(2,3)17-11-7-9-13(17)14-10-8-12-18(14)16(4,5)6;1-4(2)3-5;;;/h13-14H,7-12H2,1-6H3;3H,1-2H3;2*1H;/q;;;;+2/p-2/t13-,14-,17-,18-;;;;/m1..../s1. The van der Waals surface area contributed by atoms with Crippen molar-refractivity contribution in [3.05, 3.63) is 0 Å². The van der Waals surface area contributed by atoms with Gasteiger partial charge in [-0.3, -0.25) is 4.79 Å². The summed E-state index contributed by atoms with van der Waals surface area (Å²) < 4.78 is 0. The average Bonchev–Trinajstić information content (AvgIpc) is 3.15. The van der Waals surface area contributed by atoms with E-state index in [-0.39, 0.29) is 31.0 Å². The van der Waals surface area contributed by atoms with Crippen molar-refractivity contribution in [1.29, 1.82) is 0 Å². The Balaban J connectivity index is 0.000000663. The summed E-state index contributed by atoms with van der Waals surface area (Å²) in [5.74, 6) is 0. The summed E-state index contributed by atoms with van der Waals surface area (Å²) in [4.78, 5) is 10.9. The molecule has 2 aliphatic rings. The van der Waals surface area contributed by atoms with E-state index in [2.05, 4.69) is 41.5 Å². The molecule has 0 bridgehead atoms. The van der Waals surface area contributed by atoms with Crippen molar-refractivity contribution >= 4 is 41.6 Å². The number of nitrogens with zero attached hydrogens (tertiary/aromatic N) is 1. The molecule has 0 aromatic carbocycles. The van der Waals surface area contributed by atoms with Gasteiger partial charge in [0.2, 0.25) is 6.41 Å². The summed E-state index contributed by atoms with van der Waals surface area (Å²) >= 11 is -0.346. The summed E-state index contributed by atoms with van der Waals surface area (Å²) in [5, 5.41) is 1.19. The van der Waals surface area contributed by atoms with E-state index in [4.69, 9.17) is 19.4 Å². The zero-order valence-corrected chi connectivity index (χ0v) is 22.9. The average molecular weight is 531 g/mol. The monoisotopic (exact) mass is 531 g/mol. The van der Waals surface area contributed by atoms with E-state index in [1.807, 2.05) is 0 Å². The van der Waals surface area contributed by atoms with Gasteiger partial charge in [0, 0.05) is 14.1 Å². The Bertz CT molecular complexity index is 370. The molecule has 2 nitrogen and oxygen atoms in total. The van der Waals surface area contributed by atoms with Crippen LogP contribution < -0.4 is 0 Å². The molecule has 1 amide bonds. The van der Waals surface area contributed by atoms with Crippen LogP contribution in [0.5, 0.6) is 0 Å². The van der Waals surface area contributed by atoms with Crippen LogP contribution in [0.15, 0.2) is 0 Å². The van der Waals surface area contributed by atoms with Crippen LogP contribution in [-0.2, 0) is 19.9 Å². The van der Waals surface area contributed by atoms with E-state index in [9.17, 15) is 4.79 Å². The van der Waals surface area contributed by atoms with Crippen LogP contribution in [0.1, 0.15) is 67.2 Å². The van der Waals surface area contributed by atoms with Crippen molar-refractivity contribution in [1.82, 2.24) is 4.90 Å². The minimum absolute atomic E-state index is 0.282. The minimum atomic E-state index is -0.346. The number of halogens is 2. The maximum atomic E-state index is 9.43. The first kappa shape index (κ1) is 27.5. The fourth-order valence-electron chi connectivity index (χ4n) is 4.05. The predicted octanol–water partition coefficient (Wildman–Crippen LogP) is 6.95. The third kappa shape index (κ3) is 9.83. The van der Waals surface area contributed by atoms with Crippen molar-refractivity contribution in [2.45, 2.75) is 88.9 Å². The molecule has 0 radical (unpaired) electrons. The summed E-state index contributed by atoms with van der Waals surface area (Å²) in [7, 11) is 13.6. The van der Waals surface area contributed by atoms with Gasteiger partial charge in [-0.2, -0.15) is 0 Å². The summed E-state index contributed by atoms with van der Waals surface area (Å²) in [6.07, 6.45) is 10.0. The van der Waals surface area contributed by atoms with Gasteiger partial charge in [-0.05, 0) is 59.6 Å². The first-order valence-corrected chi connectivity index (χ1v) is 17.1. The molecule has 158 valence electrons. The number of hydrogen-bond donors (Lipinski definition) is 0. The van der Waals surface area contributed by atoms with Gasteiger partial charge in [-0.1, -0.05) is 57.4 Å². The molecule has 26 heavy (non-hydrogen) atoms. The summed E-state index contributed by atoms with van der Waals surface area (Å²) in [6, 6.07) is 0.